The Bertz CT molecular complexity index is 1750. The summed E-state index contributed by atoms with van der Waals surface area (Å²) in [7, 11) is 3.87. The number of para-hydroxylation sites is 1. The smallest absolute Gasteiger partial charge is 0.320 e. The van der Waals surface area contributed by atoms with Crippen molar-refractivity contribution < 1.29 is 22.7 Å². The Morgan fingerprint density at radius 1 is 1.00 bits per heavy atom. The van der Waals surface area contributed by atoms with Crippen molar-refractivity contribution in [2.45, 2.75) is 45.2 Å². The first-order valence-electron chi connectivity index (χ1n) is 16.1. The molecule has 0 saturated carbocycles. The second kappa shape index (κ2) is 13.4. The van der Waals surface area contributed by atoms with Gasteiger partial charge in [-0.1, -0.05) is 39.0 Å². The molecule has 2 aliphatic heterocycles. The SMILES string of the molecule is COc1c(NC(=O)c2cc3cccc(CN4CCN(C(=O)N5CC[C@@H](N(C)C)C5)CC4)c3n2C)cc(C(C)(C)C)cc1NS(C)(=O)=O. The van der Waals surface area contributed by atoms with Crippen LogP contribution >= 0.6 is 0 Å². The number of aromatic nitrogens is 1. The van der Waals surface area contributed by atoms with Crippen LogP contribution in [0.15, 0.2) is 36.4 Å². The van der Waals surface area contributed by atoms with Crippen LogP contribution in [0.2, 0.25) is 0 Å². The minimum absolute atomic E-state index is 0.137. The molecule has 1 atom stereocenters. The first-order chi connectivity index (χ1) is 22.1. The maximum Gasteiger partial charge on any atom is 0.320 e. The zero-order valence-corrected chi connectivity index (χ0v) is 29.7. The normalized spacial score (nSPS) is 17.9. The third kappa shape index (κ3) is 7.68. The predicted octanol–water partition coefficient (Wildman–Crippen LogP) is 3.98. The van der Waals surface area contributed by atoms with E-state index in [4.69, 9.17) is 4.74 Å². The number of aryl methyl sites for hydroxylation is 1. The molecule has 2 aromatic carbocycles. The largest absolute Gasteiger partial charge is 0.492 e. The van der Waals surface area contributed by atoms with Crippen molar-refractivity contribution in [1.29, 1.82) is 0 Å². The predicted molar refractivity (Wildman–Crippen MR) is 187 cm³/mol. The molecule has 2 aliphatic rings. The van der Waals surface area contributed by atoms with Gasteiger partial charge in [-0.2, -0.15) is 0 Å². The van der Waals surface area contributed by atoms with E-state index in [1.54, 1.807) is 6.07 Å². The number of urea groups is 1. The molecule has 2 fully saturated rings. The number of benzene rings is 2. The van der Waals surface area contributed by atoms with Gasteiger partial charge in [0.1, 0.15) is 5.69 Å². The molecule has 0 bridgehead atoms. The summed E-state index contributed by atoms with van der Waals surface area (Å²) < 4.78 is 34.3. The number of hydrogen-bond acceptors (Lipinski definition) is 7. The third-order valence-electron chi connectivity index (χ3n) is 9.28. The lowest BCUT2D eigenvalue weighted by Gasteiger charge is -2.37. The Morgan fingerprint density at radius 2 is 1.68 bits per heavy atom. The number of piperazine rings is 1. The molecule has 3 amide bonds. The average molecular weight is 668 g/mol. The van der Waals surface area contributed by atoms with Gasteiger partial charge in [-0.25, -0.2) is 13.2 Å². The number of anilines is 2. The summed E-state index contributed by atoms with van der Waals surface area (Å²) in [6.07, 6.45) is 2.09. The molecule has 256 valence electrons. The van der Waals surface area contributed by atoms with Crippen molar-refractivity contribution in [3.05, 3.63) is 53.2 Å². The van der Waals surface area contributed by atoms with Crippen LogP contribution in [0.5, 0.6) is 5.75 Å². The number of ether oxygens (including phenoxy) is 1. The van der Waals surface area contributed by atoms with Gasteiger partial charge in [-0.3, -0.25) is 14.4 Å². The highest BCUT2D eigenvalue weighted by atomic mass is 32.2. The summed E-state index contributed by atoms with van der Waals surface area (Å²) in [5, 5.41) is 3.94. The topological polar surface area (TPSA) is 119 Å². The lowest BCUT2D eigenvalue weighted by atomic mass is 9.86. The minimum atomic E-state index is -3.60. The first-order valence-corrected chi connectivity index (χ1v) is 18.0. The summed E-state index contributed by atoms with van der Waals surface area (Å²) >= 11 is 0. The van der Waals surface area contributed by atoms with Gasteiger partial charge < -0.3 is 29.3 Å². The number of fused-ring (bicyclic) bond motifs is 1. The van der Waals surface area contributed by atoms with Crippen LogP contribution in [-0.4, -0.2) is 117 Å². The van der Waals surface area contributed by atoms with Crippen molar-refractivity contribution in [1.82, 2.24) is 24.2 Å². The van der Waals surface area contributed by atoms with E-state index in [0.29, 0.717) is 37.1 Å². The van der Waals surface area contributed by atoms with Gasteiger partial charge in [0.15, 0.2) is 5.75 Å². The molecule has 3 aromatic rings. The molecule has 3 heterocycles. The van der Waals surface area contributed by atoms with Crippen LogP contribution in [0.25, 0.3) is 10.9 Å². The zero-order chi connectivity index (χ0) is 34.3. The Balaban J connectivity index is 1.33. The molecular formula is C34H49N7O5S. The fourth-order valence-corrected chi connectivity index (χ4v) is 7.11. The summed E-state index contributed by atoms with van der Waals surface area (Å²) in [4.78, 5) is 35.5. The number of carbonyl (C=O) groups is 2. The molecule has 47 heavy (non-hydrogen) atoms. The highest BCUT2D eigenvalue weighted by Gasteiger charge is 2.32. The lowest BCUT2D eigenvalue weighted by Crippen LogP contribution is -2.52. The van der Waals surface area contributed by atoms with Gasteiger partial charge in [0.25, 0.3) is 5.91 Å². The molecule has 0 unspecified atom stereocenters. The molecule has 0 radical (unpaired) electrons. The van der Waals surface area contributed by atoms with Gasteiger partial charge >= 0.3 is 6.03 Å². The molecule has 1 aromatic heterocycles. The monoisotopic (exact) mass is 667 g/mol. The van der Waals surface area contributed by atoms with E-state index in [1.807, 2.05) is 66.5 Å². The molecular weight excluding hydrogens is 618 g/mol. The standard InChI is InChI=1S/C34H49N7O5S/c1-34(2,3)25-19-27(31(46-7)28(20-25)36-47(8,44)45)35-32(42)29-18-23-10-9-11-24(30(23)38(29)6)21-39-14-16-40(17-15-39)33(43)41-13-12-26(22-41)37(4)5/h9-11,18-20,26,36H,12-17,21-22H2,1-8H3,(H,35,42)/t26-/m1/s1. The van der Waals surface area contributed by atoms with Gasteiger partial charge in [-0.15, -0.1) is 0 Å². The Morgan fingerprint density at radius 3 is 2.28 bits per heavy atom. The quantitative estimate of drug-likeness (QED) is 0.373. The van der Waals surface area contributed by atoms with Crippen LogP contribution < -0.4 is 14.8 Å². The molecule has 2 saturated heterocycles. The first kappa shape index (κ1) is 34.5. The van der Waals surface area contributed by atoms with Crippen molar-refractivity contribution in [2.24, 2.45) is 7.05 Å². The fraction of sp³-hybridized carbons (Fsp3) is 0.529. The van der Waals surface area contributed by atoms with Crippen molar-refractivity contribution in [3.8, 4) is 5.75 Å². The van der Waals surface area contributed by atoms with E-state index in [9.17, 15) is 18.0 Å². The second-order valence-corrected chi connectivity index (χ2v) is 15.8. The summed E-state index contributed by atoms with van der Waals surface area (Å²) in [6.45, 7) is 11.3. The number of sulfonamides is 1. The van der Waals surface area contributed by atoms with Crippen molar-refractivity contribution in [2.75, 3.05) is 76.8 Å². The van der Waals surface area contributed by atoms with E-state index in [1.165, 1.54) is 7.11 Å². The van der Waals surface area contributed by atoms with Gasteiger partial charge in [-0.05, 0) is 55.3 Å². The molecule has 0 spiro atoms. The van der Waals surface area contributed by atoms with Crippen LogP contribution in [0.4, 0.5) is 16.2 Å². The molecule has 0 aliphatic carbocycles. The van der Waals surface area contributed by atoms with E-state index >= 15 is 0 Å². The number of amides is 3. The zero-order valence-electron chi connectivity index (χ0n) is 28.9. The molecule has 13 heteroatoms. The lowest BCUT2D eigenvalue weighted by molar-refractivity contribution is 0.101. The van der Waals surface area contributed by atoms with Crippen molar-refractivity contribution >= 4 is 44.2 Å². The maximum absolute atomic E-state index is 13.8. The Hall–Kier alpha value is -3.81. The minimum Gasteiger partial charge on any atom is -0.492 e. The number of nitrogens with one attached hydrogen (secondary N) is 2. The Kier molecular flexibility index (Phi) is 9.82. The molecule has 2 N–H and O–H groups in total. The number of likely N-dealkylation sites (tertiary alicyclic amines) is 1. The van der Waals surface area contributed by atoms with E-state index in [-0.39, 0.29) is 28.8 Å². The van der Waals surface area contributed by atoms with Gasteiger partial charge in [0.05, 0.1) is 30.3 Å². The van der Waals surface area contributed by atoms with Crippen LogP contribution in [0.3, 0.4) is 0 Å². The van der Waals surface area contributed by atoms with Crippen LogP contribution in [-0.2, 0) is 29.0 Å². The van der Waals surface area contributed by atoms with Crippen LogP contribution in [0, 0.1) is 0 Å². The van der Waals surface area contributed by atoms with Crippen molar-refractivity contribution in [3.63, 3.8) is 0 Å². The van der Waals surface area contributed by atoms with E-state index in [2.05, 4.69) is 40.0 Å². The average Bonchev–Trinajstić information content (AvgIpc) is 3.62. The summed E-state index contributed by atoms with van der Waals surface area (Å²) in [5.41, 5.74) is 3.68. The number of rotatable bonds is 8. The van der Waals surface area contributed by atoms with Gasteiger partial charge in [0, 0.05) is 64.3 Å². The fourth-order valence-electron chi connectivity index (χ4n) is 6.56. The maximum atomic E-state index is 13.8. The molecule has 12 nitrogen and oxygen atoms in total. The number of methoxy groups -OCH3 is 1. The third-order valence-corrected chi connectivity index (χ3v) is 9.87. The number of likely N-dealkylation sites (N-methyl/N-ethyl adjacent to an activating group) is 1. The summed E-state index contributed by atoms with van der Waals surface area (Å²) in [6, 6.07) is 12.1. The Labute approximate surface area is 278 Å². The van der Waals surface area contributed by atoms with Crippen LogP contribution in [0.1, 0.15) is 48.8 Å². The second-order valence-electron chi connectivity index (χ2n) is 14.0. The number of carbonyl (C=O) groups excluding carboxylic acids is 2. The number of nitrogens with zero attached hydrogens (tertiary/aromatic N) is 5. The number of hydrogen-bond donors (Lipinski definition) is 2. The summed E-state index contributed by atoms with van der Waals surface area (Å²) in [5.74, 6) is -0.106. The van der Waals surface area contributed by atoms with Gasteiger partial charge in [0.2, 0.25) is 10.0 Å². The molecule has 5 rings (SSSR count). The highest BCUT2D eigenvalue weighted by Crippen LogP contribution is 2.39. The highest BCUT2D eigenvalue weighted by molar-refractivity contribution is 7.92. The van der Waals surface area contributed by atoms with E-state index < -0.39 is 10.0 Å². The van der Waals surface area contributed by atoms with E-state index in [0.717, 1.165) is 60.9 Å².